The fourth-order valence-electron chi connectivity index (χ4n) is 1.96. The van der Waals surface area contributed by atoms with Crippen molar-refractivity contribution in [1.82, 2.24) is 5.32 Å². The van der Waals surface area contributed by atoms with Crippen molar-refractivity contribution in [2.24, 2.45) is 5.92 Å². The maximum Gasteiger partial charge on any atom is 0.231 e. The third kappa shape index (κ3) is 4.55. The number of hydrogen-bond donors (Lipinski definition) is 1. The minimum absolute atomic E-state index is 0.262. The summed E-state index contributed by atoms with van der Waals surface area (Å²) >= 11 is 5.67. The Bertz CT molecular complexity index is 514. The number of benzene rings is 1. The van der Waals surface area contributed by atoms with E-state index >= 15 is 0 Å². The van der Waals surface area contributed by atoms with Crippen LogP contribution in [0, 0.1) is 5.92 Å². The number of halogens is 1. The molecule has 0 radical (unpaired) electrons. The summed E-state index contributed by atoms with van der Waals surface area (Å²) in [6.07, 6.45) is 0. The SMILES string of the molecule is C/C(=C\Cl)COc1cc2c(cc1CNCC(C)C)OCO2. The van der Waals surface area contributed by atoms with Gasteiger partial charge in [0.25, 0.3) is 0 Å². The van der Waals surface area contributed by atoms with Gasteiger partial charge < -0.3 is 19.5 Å². The Balaban J connectivity index is 2.11. The van der Waals surface area contributed by atoms with Gasteiger partial charge in [0.15, 0.2) is 11.5 Å². The first-order valence-corrected chi connectivity index (χ1v) is 7.55. The van der Waals surface area contributed by atoms with Gasteiger partial charge in [-0.3, -0.25) is 0 Å². The largest absolute Gasteiger partial charge is 0.489 e. The molecule has 4 nitrogen and oxygen atoms in total. The highest BCUT2D eigenvalue weighted by atomic mass is 35.5. The van der Waals surface area contributed by atoms with Gasteiger partial charge in [0, 0.05) is 23.7 Å². The van der Waals surface area contributed by atoms with E-state index in [4.69, 9.17) is 25.8 Å². The van der Waals surface area contributed by atoms with Crippen molar-refractivity contribution < 1.29 is 14.2 Å². The normalized spacial score (nSPS) is 13.9. The Labute approximate surface area is 131 Å². The maximum atomic E-state index is 5.84. The lowest BCUT2D eigenvalue weighted by molar-refractivity contribution is 0.173. The van der Waals surface area contributed by atoms with Crippen LogP contribution in [0.3, 0.4) is 0 Å². The first kappa shape index (κ1) is 16.0. The van der Waals surface area contributed by atoms with E-state index < -0.39 is 0 Å². The zero-order valence-electron chi connectivity index (χ0n) is 12.7. The first-order chi connectivity index (χ1) is 10.1. The summed E-state index contributed by atoms with van der Waals surface area (Å²) in [4.78, 5) is 0. The average Bonchev–Trinajstić information content (AvgIpc) is 2.91. The predicted molar refractivity (Wildman–Crippen MR) is 84.2 cm³/mol. The van der Waals surface area contributed by atoms with Gasteiger partial charge in [0.1, 0.15) is 12.4 Å². The van der Waals surface area contributed by atoms with E-state index in [0.717, 1.165) is 41.5 Å². The second-order valence-corrected chi connectivity index (χ2v) is 5.80. The molecule has 1 aliphatic rings. The van der Waals surface area contributed by atoms with E-state index in [1.54, 1.807) is 0 Å². The Morgan fingerprint density at radius 3 is 2.76 bits per heavy atom. The standard InChI is InChI=1S/C16H22ClNO3/c1-11(2)7-18-8-13-4-15-16(21-10-20-15)5-14(13)19-9-12(3)6-17/h4-6,11,18H,7-10H2,1-3H3/b12-6+. The third-order valence-electron chi connectivity index (χ3n) is 3.07. The van der Waals surface area contributed by atoms with Crippen LogP contribution in [0.25, 0.3) is 0 Å². The Kier molecular flexibility index (Phi) is 5.76. The molecule has 0 amide bonds. The minimum Gasteiger partial charge on any atom is -0.489 e. The summed E-state index contributed by atoms with van der Waals surface area (Å²) in [5.74, 6) is 2.90. The molecule has 0 saturated carbocycles. The molecule has 1 N–H and O–H groups in total. The summed E-state index contributed by atoms with van der Waals surface area (Å²) in [6.45, 7) is 8.69. The van der Waals surface area contributed by atoms with Crippen LogP contribution in [0.4, 0.5) is 0 Å². The molecule has 0 fully saturated rings. The second kappa shape index (κ2) is 7.57. The number of fused-ring (bicyclic) bond motifs is 1. The van der Waals surface area contributed by atoms with Gasteiger partial charge in [-0.15, -0.1) is 0 Å². The van der Waals surface area contributed by atoms with Crippen molar-refractivity contribution in [3.8, 4) is 17.2 Å². The van der Waals surface area contributed by atoms with Gasteiger partial charge in [-0.25, -0.2) is 0 Å². The zero-order chi connectivity index (χ0) is 15.2. The molecule has 1 aromatic carbocycles. The fourth-order valence-corrected chi connectivity index (χ4v) is 2.02. The van der Waals surface area contributed by atoms with Gasteiger partial charge in [0.05, 0.1) is 0 Å². The molecule has 0 aliphatic carbocycles. The van der Waals surface area contributed by atoms with Crippen molar-refractivity contribution >= 4 is 11.6 Å². The first-order valence-electron chi connectivity index (χ1n) is 7.12. The lowest BCUT2D eigenvalue weighted by Crippen LogP contribution is -2.19. The van der Waals surface area contributed by atoms with Gasteiger partial charge in [-0.05, 0) is 31.0 Å². The molecule has 0 aromatic heterocycles. The van der Waals surface area contributed by atoms with E-state index in [0.29, 0.717) is 12.5 Å². The molecule has 5 heteroatoms. The highest BCUT2D eigenvalue weighted by Crippen LogP contribution is 2.38. The van der Waals surface area contributed by atoms with Crippen LogP contribution in [-0.2, 0) is 6.54 Å². The number of hydrogen-bond acceptors (Lipinski definition) is 4. The average molecular weight is 312 g/mol. The van der Waals surface area contributed by atoms with Gasteiger partial charge in [0.2, 0.25) is 6.79 Å². The molecular formula is C16H22ClNO3. The summed E-state index contributed by atoms with van der Waals surface area (Å²) in [5, 5.41) is 3.42. The van der Waals surface area contributed by atoms with Crippen molar-refractivity contribution in [2.45, 2.75) is 27.3 Å². The monoisotopic (exact) mass is 311 g/mol. The minimum atomic E-state index is 0.262. The Morgan fingerprint density at radius 2 is 2.10 bits per heavy atom. The van der Waals surface area contributed by atoms with Crippen molar-refractivity contribution in [1.29, 1.82) is 0 Å². The van der Waals surface area contributed by atoms with Crippen molar-refractivity contribution in [3.05, 3.63) is 28.8 Å². The molecule has 0 bridgehead atoms. The van der Waals surface area contributed by atoms with E-state index in [-0.39, 0.29) is 6.79 Å². The molecular weight excluding hydrogens is 290 g/mol. The highest BCUT2D eigenvalue weighted by Gasteiger charge is 2.18. The Hall–Kier alpha value is -1.39. The molecule has 0 spiro atoms. The molecule has 1 heterocycles. The quantitative estimate of drug-likeness (QED) is 0.834. The van der Waals surface area contributed by atoms with Gasteiger partial charge in [-0.2, -0.15) is 0 Å². The van der Waals surface area contributed by atoms with Crippen LogP contribution in [-0.4, -0.2) is 19.9 Å². The summed E-state index contributed by atoms with van der Waals surface area (Å²) in [5.41, 5.74) is 3.56. The zero-order valence-corrected chi connectivity index (χ0v) is 13.5. The van der Waals surface area contributed by atoms with Crippen LogP contribution < -0.4 is 19.5 Å². The fraction of sp³-hybridized carbons (Fsp3) is 0.500. The van der Waals surface area contributed by atoms with E-state index in [9.17, 15) is 0 Å². The van der Waals surface area contributed by atoms with Crippen molar-refractivity contribution in [3.63, 3.8) is 0 Å². The van der Waals surface area contributed by atoms with Crippen LogP contribution >= 0.6 is 11.6 Å². The van der Waals surface area contributed by atoms with Crippen LogP contribution in [0.15, 0.2) is 23.2 Å². The molecule has 21 heavy (non-hydrogen) atoms. The highest BCUT2D eigenvalue weighted by molar-refractivity contribution is 6.25. The topological polar surface area (TPSA) is 39.7 Å². The van der Waals surface area contributed by atoms with Crippen molar-refractivity contribution in [2.75, 3.05) is 19.9 Å². The molecule has 1 aliphatic heterocycles. The predicted octanol–water partition coefficient (Wildman–Crippen LogP) is 3.68. The van der Waals surface area contributed by atoms with E-state index in [1.165, 1.54) is 5.54 Å². The second-order valence-electron chi connectivity index (χ2n) is 5.58. The van der Waals surface area contributed by atoms with Gasteiger partial charge in [-0.1, -0.05) is 25.4 Å². The molecule has 0 atom stereocenters. The summed E-state index contributed by atoms with van der Waals surface area (Å²) in [6, 6.07) is 3.86. The summed E-state index contributed by atoms with van der Waals surface area (Å²) in [7, 11) is 0. The van der Waals surface area contributed by atoms with Crippen LogP contribution in [0.5, 0.6) is 17.2 Å². The molecule has 0 unspecified atom stereocenters. The van der Waals surface area contributed by atoms with Crippen LogP contribution in [0.1, 0.15) is 26.3 Å². The Morgan fingerprint density at radius 1 is 1.38 bits per heavy atom. The summed E-state index contributed by atoms with van der Waals surface area (Å²) < 4.78 is 16.7. The van der Waals surface area contributed by atoms with E-state index in [2.05, 4.69) is 19.2 Å². The lowest BCUT2D eigenvalue weighted by atomic mass is 10.1. The smallest absolute Gasteiger partial charge is 0.231 e. The number of nitrogens with one attached hydrogen (secondary N) is 1. The maximum absolute atomic E-state index is 5.84. The third-order valence-corrected chi connectivity index (χ3v) is 3.44. The number of ether oxygens (including phenoxy) is 3. The molecule has 116 valence electrons. The molecule has 2 rings (SSSR count). The molecule has 1 aromatic rings. The number of rotatable bonds is 7. The van der Waals surface area contributed by atoms with Crippen LogP contribution in [0.2, 0.25) is 0 Å². The molecule has 0 saturated heterocycles. The lowest BCUT2D eigenvalue weighted by Gasteiger charge is -2.14. The van der Waals surface area contributed by atoms with E-state index in [1.807, 2.05) is 19.1 Å². The van der Waals surface area contributed by atoms with Gasteiger partial charge >= 0.3 is 0 Å².